The third-order valence-corrected chi connectivity index (χ3v) is 6.35. The standard InChI is InChI=1S/C16H16NOP/c1-17-15(18)12-19(14-10-6-3-7-11-14)16(17)13-8-4-2-5-9-13/h2-11,16H,12H2,1H3/t16-,19+/m1/s1. The Kier molecular flexibility index (Phi) is 3.35. The van der Waals surface area contributed by atoms with Crippen LogP contribution in [0.15, 0.2) is 60.7 Å². The summed E-state index contributed by atoms with van der Waals surface area (Å²) in [7, 11) is 1.44. The molecule has 2 aromatic rings. The van der Waals surface area contributed by atoms with Crippen LogP contribution >= 0.6 is 7.92 Å². The zero-order chi connectivity index (χ0) is 13.2. The van der Waals surface area contributed by atoms with E-state index in [1.54, 1.807) is 0 Å². The highest BCUT2D eigenvalue weighted by Crippen LogP contribution is 2.56. The van der Waals surface area contributed by atoms with Gasteiger partial charge in [-0.1, -0.05) is 60.7 Å². The van der Waals surface area contributed by atoms with E-state index in [9.17, 15) is 4.79 Å². The Bertz CT molecular complexity index is 570. The van der Waals surface area contributed by atoms with Gasteiger partial charge in [0.1, 0.15) is 0 Å². The first-order valence-electron chi connectivity index (χ1n) is 6.39. The molecule has 0 radical (unpaired) electrons. The first-order valence-corrected chi connectivity index (χ1v) is 7.99. The van der Waals surface area contributed by atoms with Gasteiger partial charge in [0, 0.05) is 7.05 Å². The summed E-state index contributed by atoms with van der Waals surface area (Å²) in [5, 5.41) is 1.31. The van der Waals surface area contributed by atoms with Crippen LogP contribution in [0.1, 0.15) is 11.3 Å². The summed E-state index contributed by atoms with van der Waals surface area (Å²) in [6.07, 6.45) is 0.662. The van der Waals surface area contributed by atoms with Gasteiger partial charge in [0.05, 0.1) is 11.9 Å². The molecule has 1 aliphatic heterocycles. The summed E-state index contributed by atoms with van der Waals surface area (Å²) in [5.74, 6) is 0.468. The van der Waals surface area contributed by atoms with Crippen molar-refractivity contribution in [1.29, 1.82) is 0 Å². The van der Waals surface area contributed by atoms with E-state index in [4.69, 9.17) is 0 Å². The second-order valence-electron chi connectivity index (χ2n) is 4.75. The molecule has 1 aliphatic rings. The molecule has 1 saturated heterocycles. The van der Waals surface area contributed by atoms with E-state index in [0.717, 1.165) is 0 Å². The number of nitrogens with zero attached hydrogens (tertiary/aromatic N) is 1. The number of carbonyl (C=O) groups is 1. The van der Waals surface area contributed by atoms with Crippen LogP contribution in [0, 0.1) is 0 Å². The lowest BCUT2D eigenvalue weighted by Crippen LogP contribution is -2.23. The normalized spacial score (nSPS) is 22.8. The average Bonchev–Trinajstić information content (AvgIpc) is 2.77. The van der Waals surface area contributed by atoms with Gasteiger partial charge in [0.15, 0.2) is 0 Å². The molecule has 0 spiro atoms. The van der Waals surface area contributed by atoms with Gasteiger partial charge < -0.3 is 4.90 Å². The maximum Gasteiger partial charge on any atom is 0.227 e. The first kappa shape index (κ1) is 12.4. The van der Waals surface area contributed by atoms with Gasteiger partial charge in [-0.25, -0.2) is 0 Å². The van der Waals surface area contributed by atoms with Crippen LogP contribution in [0.25, 0.3) is 0 Å². The summed E-state index contributed by atoms with van der Waals surface area (Å²) in [5.41, 5.74) is 1.24. The minimum absolute atomic E-state index is 0.214. The third-order valence-electron chi connectivity index (χ3n) is 3.55. The Balaban J connectivity index is 2.01. The van der Waals surface area contributed by atoms with Crippen LogP contribution in [-0.2, 0) is 4.79 Å². The topological polar surface area (TPSA) is 20.3 Å². The van der Waals surface area contributed by atoms with Crippen molar-refractivity contribution in [3.8, 4) is 0 Å². The molecular formula is C16H16NOP. The molecule has 19 heavy (non-hydrogen) atoms. The summed E-state index contributed by atoms with van der Waals surface area (Å²) in [6.45, 7) is 0. The number of amides is 1. The molecule has 2 nitrogen and oxygen atoms in total. The van der Waals surface area contributed by atoms with Gasteiger partial charge in [-0.3, -0.25) is 4.79 Å². The highest BCUT2D eigenvalue weighted by Gasteiger charge is 2.38. The van der Waals surface area contributed by atoms with E-state index in [2.05, 4.69) is 36.4 Å². The monoisotopic (exact) mass is 269 g/mol. The van der Waals surface area contributed by atoms with Gasteiger partial charge in [-0.05, 0) is 18.8 Å². The smallest absolute Gasteiger partial charge is 0.227 e. The summed E-state index contributed by atoms with van der Waals surface area (Å²) >= 11 is 0. The van der Waals surface area contributed by atoms with Crippen molar-refractivity contribution >= 4 is 19.1 Å². The predicted octanol–water partition coefficient (Wildman–Crippen LogP) is 2.96. The summed E-state index contributed by atoms with van der Waals surface area (Å²) < 4.78 is 0. The highest BCUT2D eigenvalue weighted by atomic mass is 31.1. The Hall–Kier alpha value is -1.66. The van der Waals surface area contributed by atoms with Crippen molar-refractivity contribution < 1.29 is 4.79 Å². The molecule has 0 N–H and O–H groups in total. The Morgan fingerprint density at radius 1 is 1.00 bits per heavy atom. The van der Waals surface area contributed by atoms with Gasteiger partial charge >= 0.3 is 0 Å². The van der Waals surface area contributed by atoms with Crippen molar-refractivity contribution in [2.45, 2.75) is 5.78 Å². The van der Waals surface area contributed by atoms with E-state index < -0.39 is 7.92 Å². The number of rotatable bonds is 2. The van der Waals surface area contributed by atoms with Crippen LogP contribution in [0.5, 0.6) is 0 Å². The zero-order valence-corrected chi connectivity index (χ0v) is 11.8. The van der Waals surface area contributed by atoms with Crippen LogP contribution in [0.4, 0.5) is 0 Å². The molecule has 3 rings (SSSR count). The van der Waals surface area contributed by atoms with Crippen molar-refractivity contribution in [2.24, 2.45) is 0 Å². The van der Waals surface area contributed by atoms with Crippen molar-refractivity contribution in [3.63, 3.8) is 0 Å². The van der Waals surface area contributed by atoms with Crippen molar-refractivity contribution in [1.82, 2.24) is 4.90 Å². The molecule has 0 aliphatic carbocycles. The minimum Gasteiger partial charge on any atom is -0.334 e. The summed E-state index contributed by atoms with van der Waals surface area (Å²) in [6, 6.07) is 20.8. The lowest BCUT2D eigenvalue weighted by atomic mass is 10.2. The van der Waals surface area contributed by atoms with Crippen LogP contribution in [0.2, 0.25) is 0 Å². The van der Waals surface area contributed by atoms with E-state index >= 15 is 0 Å². The molecule has 0 unspecified atom stereocenters. The lowest BCUT2D eigenvalue weighted by Gasteiger charge is -2.25. The number of hydrogen-bond acceptors (Lipinski definition) is 1. The van der Waals surface area contributed by atoms with Gasteiger partial charge in [-0.2, -0.15) is 0 Å². The quantitative estimate of drug-likeness (QED) is 0.768. The van der Waals surface area contributed by atoms with Gasteiger partial charge in [-0.15, -0.1) is 0 Å². The maximum atomic E-state index is 12.1. The van der Waals surface area contributed by atoms with E-state index in [0.29, 0.717) is 6.16 Å². The molecule has 2 aromatic carbocycles. The zero-order valence-electron chi connectivity index (χ0n) is 10.9. The molecule has 3 heteroatoms. The Labute approximate surface area is 114 Å². The number of hydrogen-bond donors (Lipinski definition) is 0. The first-order chi connectivity index (χ1) is 9.27. The maximum absolute atomic E-state index is 12.1. The Morgan fingerprint density at radius 3 is 2.21 bits per heavy atom. The summed E-state index contributed by atoms with van der Waals surface area (Å²) in [4.78, 5) is 14.0. The molecular weight excluding hydrogens is 253 g/mol. The van der Waals surface area contributed by atoms with Gasteiger partial charge in [0.25, 0.3) is 0 Å². The average molecular weight is 269 g/mol. The second kappa shape index (κ2) is 5.14. The lowest BCUT2D eigenvalue weighted by molar-refractivity contribution is -0.126. The number of carbonyl (C=O) groups excluding carboxylic acids is 1. The fourth-order valence-corrected chi connectivity index (χ4v) is 5.36. The SMILES string of the molecule is CN1C(=O)C[P@@](c2ccccc2)[C@@H]1c1ccccc1. The van der Waals surface area contributed by atoms with Crippen LogP contribution in [0.3, 0.4) is 0 Å². The van der Waals surface area contributed by atoms with E-state index in [1.165, 1.54) is 10.9 Å². The third kappa shape index (κ3) is 2.29. The number of benzene rings is 2. The molecule has 96 valence electrons. The molecule has 0 bridgehead atoms. The highest BCUT2D eigenvalue weighted by molar-refractivity contribution is 7.67. The van der Waals surface area contributed by atoms with Gasteiger partial charge in [0.2, 0.25) is 5.91 Å². The van der Waals surface area contributed by atoms with Crippen LogP contribution in [-0.4, -0.2) is 24.0 Å². The molecule has 0 aromatic heterocycles. The van der Waals surface area contributed by atoms with E-state index in [-0.39, 0.29) is 11.7 Å². The van der Waals surface area contributed by atoms with Crippen molar-refractivity contribution in [2.75, 3.05) is 13.2 Å². The minimum atomic E-state index is -0.482. The van der Waals surface area contributed by atoms with Crippen LogP contribution < -0.4 is 5.30 Å². The fourth-order valence-electron chi connectivity index (χ4n) is 2.57. The second-order valence-corrected chi connectivity index (χ2v) is 7.01. The molecule has 0 saturated carbocycles. The Morgan fingerprint density at radius 2 is 1.58 bits per heavy atom. The fraction of sp³-hybridized carbons (Fsp3) is 0.188. The largest absolute Gasteiger partial charge is 0.334 e. The molecule has 1 heterocycles. The van der Waals surface area contributed by atoms with Crippen molar-refractivity contribution in [3.05, 3.63) is 66.2 Å². The molecule has 2 atom stereocenters. The van der Waals surface area contributed by atoms with E-state index in [1.807, 2.05) is 36.2 Å². The molecule has 1 amide bonds. The predicted molar refractivity (Wildman–Crippen MR) is 79.8 cm³/mol. The molecule has 1 fully saturated rings.